The first kappa shape index (κ1) is 21.9. The molecule has 0 atom stereocenters. The standard InChI is InChI=1S/C25H28N2O2S/c26-23-13-12-19(25-11-7-15-30-25)16-21(23)17-22(28)9-4-2-1-3-5-10-24(29)20-8-6-14-27-18-20/h6-8,11-16,18H,1-5,9-10,17,26H2. The Morgan fingerprint density at radius 3 is 2.47 bits per heavy atom. The molecule has 2 N–H and O–H groups in total. The van der Waals surface area contributed by atoms with Gasteiger partial charge >= 0.3 is 0 Å². The molecule has 3 aromatic rings. The van der Waals surface area contributed by atoms with Crippen LogP contribution in [0, 0.1) is 0 Å². The first-order chi connectivity index (χ1) is 14.6. The Labute approximate surface area is 182 Å². The molecule has 2 aromatic heterocycles. The lowest BCUT2D eigenvalue weighted by molar-refractivity contribution is -0.118. The number of hydrogen-bond acceptors (Lipinski definition) is 5. The number of aromatic nitrogens is 1. The average molecular weight is 421 g/mol. The van der Waals surface area contributed by atoms with Crippen LogP contribution in [0.5, 0.6) is 0 Å². The molecule has 4 nitrogen and oxygen atoms in total. The number of carbonyl (C=O) groups is 2. The van der Waals surface area contributed by atoms with Gasteiger partial charge in [-0.1, -0.05) is 31.4 Å². The maximum atomic E-state index is 12.4. The van der Waals surface area contributed by atoms with Gasteiger partial charge in [-0.15, -0.1) is 11.3 Å². The zero-order valence-corrected chi connectivity index (χ0v) is 18.0. The second-order valence-corrected chi connectivity index (χ2v) is 8.49. The predicted molar refractivity (Wildman–Crippen MR) is 124 cm³/mol. The number of nitrogen functional groups attached to an aromatic ring is 1. The Morgan fingerprint density at radius 1 is 0.933 bits per heavy atom. The number of nitrogens with zero attached hydrogens (tertiary/aromatic N) is 1. The fraction of sp³-hybridized carbons (Fsp3) is 0.320. The molecule has 5 heteroatoms. The van der Waals surface area contributed by atoms with E-state index in [4.69, 9.17) is 5.73 Å². The van der Waals surface area contributed by atoms with E-state index in [2.05, 4.69) is 11.1 Å². The normalized spacial score (nSPS) is 10.8. The van der Waals surface area contributed by atoms with Crippen LogP contribution in [-0.2, 0) is 11.2 Å². The second kappa shape index (κ2) is 11.4. The summed E-state index contributed by atoms with van der Waals surface area (Å²) >= 11 is 1.68. The van der Waals surface area contributed by atoms with Crippen LogP contribution in [0.25, 0.3) is 10.4 Å². The van der Waals surface area contributed by atoms with Gasteiger partial charge in [-0.05, 0) is 59.7 Å². The third-order valence-electron chi connectivity index (χ3n) is 5.18. The van der Waals surface area contributed by atoms with Crippen molar-refractivity contribution in [2.24, 2.45) is 0 Å². The molecule has 0 aliphatic heterocycles. The number of anilines is 1. The Balaban J connectivity index is 1.33. The highest BCUT2D eigenvalue weighted by Crippen LogP contribution is 2.28. The highest BCUT2D eigenvalue weighted by Gasteiger charge is 2.09. The maximum absolute atomic E-state index is 12.4. The first-order valence-electron chi connectivity index (χ1n) is 10.5. The van der Waals surface area contributed by atoms with Gasteiger partial charge in [-0.2, -0.15) is 0 Å². The lowest BCUT2D eigenvalue weighted by Crippen LogP contribution is -2.05. The van der Waals surface area contributed by atoms with Gasteiger partial charge in [0.2, 0.25) is 0 Å². The van der Waals surface area contributed by atoms with Crippen molar-refractivity contribution >= 4 is 28.6 Å². The molecular formula is C25H28N2O2S. The van der Waals surface area contributed by atoms with Gasteiger partial charge in [0.15, 0.2) is 5.78 Å². The molecule has 0 fully saturated rings. The molecule has 156 valence electrons. The van der Waals surface area contributed by atoms with Gasteiger partial charge in [0, 0.05) is 47.8 Å². The van der Waals surface area contributed by atoms with E-state index in [-0.39, 0.29) is 11.6 Å². The van der Waals surface area contributed by atoms with Crippen molar-refractivity contribution in [3.8, 4) is 10.4 Å². The fourth-order valence-electron chi connectivity index (χ4n) is 3.47. The molecule has 0 spiro atoms. The molecule has 0 bridgehead atoms. The van der Waals surface area contributed by atoms with Gasteiger partial charge in [-0.3, -0.25) is 14.6 Å². The number of unbranched alkanes of at least 4 members (excludes halogenated alkanes) is 4. The van der Waals surface area contributed by atoms with E-state index >= 15 is 0 Å². The quantitative estimate of drug-likeness (QED) is 0.218. The number of nitrogens with two attached hydrogens (primary N) is 1. The van der Waals surface area contributed by atoms with Crippen molar-refractivity contribution in [3.05, 3.63) is 71.4 Å². The Kier molecular flexibility index (Phi) is 8.33. The van der Waals surface area contributed by atoms with E-state index in [1.54, 1.807) is 29.8 Å². The average Bonchev–Trinajstić information content (AvgIpc) is 3.30. The number of ketones is 2. The summed E-state index contributed by atoms with van der Waals surface area (Å²) in [5, 5.41) is 2.05. The number of rotatable bonds is 12. The van der Waals surface area contributed by atoms with Crippen LogP contribution in [0.15, 0.2) is 60.2 Å². The minimum Gasteiger partial charge on any atom is -0.398 e. The summed E-state index contributed by atoms with van der Waals surface area (Å²) in [4.78, 5) is 29.6. The largest absolute Gasteiger partial charge is 0.398 e. The number of carbonyl (C=O) groups excluding carboxylic acids is 2. The maximum Gasteiger partial charge on any atom is 0.164 e. The molecule has 3 rings (SSSR count). The molecule has 0 aliphatic carbocycles. The van der Waals surface area contributed by atoms with E-state index in [0.717, 1.165) is 43.2 Å². The van der Waals surface area contributed by atoms with Crippen LogP contribution >= 0.6 is 11.3 Å². The van der Waals surface area contributed by atoms with Crippen molar-refractivity contribution in [2.45, 2.75) is 51.4 Å². The van der Waals surface area contributed by atoms with Crippen LogP contribution in [0.4, 0.5) is 5.69 Å². The molecule has 0 radical (unpaired) electrons. The summed E-state index contributed by atoms with van der Waals surface area (Å²) in [6.07, 6.45) is 9.67. The van der Waals surface area contributed by atoms with Crippen LogP contribution in [-0.4, -0.2) is 16.6 Å². The highest BCUT2D eigenvalue weighted by molar-refractivity contribution is 7.13. The summed E-state index contributed by atoms with van der Waals surface area (Å²) in [6, 6.07) is 13.6. The van der Waals surface area contributed by atoms with Crippen molar-refractivity contribution in [1.82, 2.24) is 4.98 Å². The number of hydrogen-bond donors (Lipinski definition) is 1. The van der Waals surface area contributed by atoms with E-state index in [1.165, 1.54) is 4.88 Å². The third-order valence-corrected chi connectivity index (χ3v) is 6.10. The summed E-state index contributed by atoms with van der Waals surface area (Å²) in [6.45, 7) is 0. The number of thiophene rings is 1. The molecule has 0 saturated heterocycles. The Hall–Kier alpha value is -2.79. The van der Waals surface area contributed by atoms with Crippen LogP contribution in [0.1, 0.15) is 60.9 Å². The topological polar surface area (TPSA) is 73.1 Å². The van der Waals surface area contributed by atoms with Gasteiger partial charge in [-0.25, -0.2) is 0 Å². The molecule has 30 heavy (non-hydrogen) atoms. The predicted octanol–water partition coefficient (Wildman–Crippen LogP) is 6.12. The summed E-state index contributed by atoms with van der Waals surface area (Å²) in [5.41, 5.74) is 9.49. The van der Waals surface area contributed by atoms with Gasteiger partial charge in [0.25, 0.3) is 0 Å². The van der Waals surface area contributed by atoms with Crippen LogP contribution < -0.4 is 5.73 Å². The van der Waals surface area contributed by atoms with Crippen LogP contribution in [0.3, 0.4) is 0 Å². The van der Waals surface area contributed by atoms with Crippen molar-refractivity contribution in [3.63, 3.8) is 0 Å². The number of pyridine rings is 1. The minimum atomic E-state index is 0.153. The van der Waals surface area contributed by atoms with E-state index in [1.807, 2.05) is 35.7 Å². The molecule has 0 unspecified atom stereocenters. The lowest BCUT2D eigenvalue weighted by atomic mass is 9.99. The summed E-state index contributed by atoms with van der Waals surface area (Å²) in [7, 11) is 0. The molecular weight excluding hydrogens is 392 g/mol. The number of benzene rings is 1. The molecule has 1 aromatic carbocycles. The van der Waals surface area contributed by atoms with Crippen LogP contribution in [0.2, 0.25) is 0 Å². The number of Topliss-reactive ketones (excluding diaryl/α,β-unsaturated/α-hetero) is 2. The van der Waals surface area contributed by atoms with Crippen molar-refractivity contribution < 1.29 is 9.59 Å². The zero-order valence-electron chi connectivity index (χ0n) is 17.2. The van der Waals surface area contributed by atoms with Crippen molar-refractivity contribution in [2.75, 3.05) is 5.73 Å². The Bertz CT molecular complexity index is 953. The minimum absolute atomic E-state index is 0.153. The highest BCUT2D eigenvalue weighted by atomic mass is 32.1. The molecule has 0 amide bonds. The summed E-state index contributed by atoms with van der Waals surface area (Å²) in [5.74, 6) is 0.387. The Morgan fingerprint density at radius 2 is 1.73 bits per heavy atom. The van der Waals surface area contributed by atoms with E-state index < -0.39 is 0 Å². The fourth-order valence-corrected chi connectivity index (χ4v) is 4.19. The van der Waals surface area contributed by atoms with E-state index in [0.29, 0.717) is 30.5 Å². The van der Waals surface area contributed by atoms with Crippen molar-refractivity contribution in [1.29, 1.82) is 0 Å². The van der Waals surface area contributed by atoms with Gasteiger partial charge in [0.1, 0.15) is 5.78 Å². The first-order valence-corrected chi connectivity index (χ1v) is 11.4. The SMILES string of the molecule is Nc1ccc(-c2cccs2)cc1CC(=O)CCCCCCCC(=O)c1cccnc1. The molecule has 2 heterocycles. The third kappa shape index (κ3) is 6.63. The van der Waals surface area contributed by atoms with Gasteiger partial charge in [0.05, 0.1) is 0 Å². The van der Waals surface area contributed by atoms with Gasteiger partial charge < -0.3 is 5.73 Å². The zero-order chi connectivity index (χ0) is 21.2. The smallest absolute Gasteiger partial charge is 0.164 e. The molecule has 0 saturated carbocycles. The van der Waals surface area contributed by atoms with E-state index in [9.17, 15) is 9.59 Å². The summed E-state index contributed by atoms with van der Waals surface area (Å²) < 4.78 is 0. The monoisotopic (exact) mass is 420 g/mol. The second-order valence-electron chi connectivity index (χ2n) is 7.54. The molecule has 0 aliphatic rings. The lowest BCUT2D eigenvalue weighted by Gasteiger charge is -2.08.